The molecule has 0 fully saturated rings. The lowest BCUT2D eigenvalue weighted by atomic mass is 10.1. The van der Waals surface area contributed by atoms with Crippen molar-refractivity contribution in [1.82, 2.24) is 5.43 Å². The molecular formula is C14H22N4O2. The summed E-state index contributed by atoms with van der Waals surface area (Å²) in [7, 11) is 0. The minimum absolute atomic E-state index is 0.0592. The first kappa shape index (κ1) is 16.1. The molecule has 0 bridgehead atoms. The average Bonchev–Trinajstić information content (AvgIpc) is 2.46. The van der Waals surface area contributed by atoms with Gasteiger partial charge < -0.3 is 0 Å². The van der Waals surface area contributed by atoms with Crippen molar-refractivity contribution in [2.75, 3.05) is 6.54 Å². The Hall–Kier alpha value is -1.98. The maximum Gasteiger partial charge on any atom is 0.269 e. The summed E-state index contributed by atoms with van der Waals surface area (Å²) < 4.78 is 0. The van der Waals surface area contributed by atoms with E-state index in [2.05, 4.69) is 22.7 Å². The van der Waals surface area contributed by atoms with Crippen LogP contribution in [0.5, 0.6) is 0 Å². The fourth-order valence-electron chi connectivity index (χ4n) is 1.77. The molecule has 0 saturated heterocycles. The number of hydrogen-bond donors (Lipinski definition) is 1. The summed E-state index contributed by atoms with van der Waals surface area (Å²) in [4.78, 5) is 10.0. The molecule has 0 spiro atoms. The summed E-state index contributed by atoms with van der Waals surface area (Å²) in [5.74, 6) is 0. The number of nitrogens with zero attached hydrogens (tertiary/aromatic N) is 3. The predicted molar refractivity (Wildman–Crippen MR) is 79.0 cm³/mol. The molecule has 1 rings (SSSR count). The summed E-state index contributed by atoms with van der Waals surface area (Å²) in [6.07, 6.45) is 7.45. The lowest BCUT2D eigenvalue weighted by molar-refractivity contribution is -0.384. The second-order valence-corrected chi connectivity index (χ2v) is 4.65. The SMILES string of the molecule is CCCCCCCCN/N=N\c1ccc([N+](=O)[O-])cc1. The van der Waals surface area contributed by atoms with E-state index in [1.165, 1.54) is 44.2 Å². The number of benzene rings is 1. The Bertz CT molecular complexity index is 418. The molecule has 1 N–H and O–H groups in total. The Labute approximate surface area is 119 Å². The monoisotopic (exact) mass is 278 g/mol. The van der Waals surface area contributed by atoms with Gasteiger partial charge in [-0.15, -0.1) is 5.11 Å². The maximum atomic E-state index is 10.5. The minimum Gasteiger partial charge on any atom is -0.291 e. The molecule has 20 heavy (non-hydrogen) atoms. The van der Waals surface area contributed by atoms with E-state index in [4.69, 9.17) is 0 Å². The number of nitro benzene ring substituents is 1. The van der Waals surface area contributed by atoms with Gasteiger partial charge in [0.25, 0.3) is 5.69 Å². The van der Waals surface area contributed by atoms with Gasteiger partial charge in [-0.1, -0.05) is 44.3 Å². The Balaban J connectivity index is 2.13. The fourth-order valence-corrected chi connectivity index (χ4v) is 1.77. The first-order chi connectivity index (χ1) is 9.74. The Kier molecular flexibility index (Phi) is 7.95. The summed E-state index contributed by atoms with van der Waals surface area (Å²) in [5.41, 5.74) is 3.55. The Morgan fingerprint density at radius 3 is 2.40 bits per heavy atom. The third kappa shape index (κ3) is 6.82. The van der Waals surface area contributed by atoms with Gasteiger partial charge >= 0.3 is 0 Å². The first-order valence-corrected chi connectivity index (χ1v) is 7.12. The summed E-state index contributed by atoms with van der Waals surface area (Å²) in [6, 6.07) is 5.99. The zero-order valence-corrected chi connectivity index (χ0v) is 11.9. The molecule has 0 amide bonds. The number of non-ortho nitro benzene ring substituents is 1. The highest BCUT2D eigenvalue weighted by atomic mass is 16.6. The van der Waals surface area contributed by atoms with Gasteiger partial charge in [0, 0.05) is 18.7 Å². The van der Waals surface area contributed by atoms with Gasteiger partial charge in [0.2, 0.25) is 0 Å². The number of unbranched alkanes of at least 4 members (excludes halogenated alkanes) is 5. The van der Waals surface area contributed by atoms with Crippen molar-refractivity contribution in [3.05, 3.63) is 34.4 Å². The lowest BCUT2D eigenvalue weighted by Crippen LogP contribution is -2.05. The van der Waals surface area contributed by atoms with Crippen LogP contribution in [0.3, 0.4) is 0 Å². The number of nitrogens with one attached hydrogen (secondary N) is 1. The maximum absolute atomic E-state index is 10.5. The van der Waals surface area contributed by atoms with E-state index in [0.29, 0.717) is 5.69 Å². The van der Waals surface area contributed by atoms with Crippen molar-refractivity contribution in [2.24, 2.45) is 10.3 Å². The quantitative estimate of drug-likeness (QED) is 0.295. The van der Waals surface area contributed by atoms with E-state index in [1.807, 2.05) is 0 Å². The highest BCUT2D eigenvalue weighted by Gasteiger charge is 2.02. The molecule has 0 unspecified atom stereocenters. The van der Waals surface area contributed by atoms with Crippen molar-refractivity contribution in [1.29, 1.82) is 0 Å². The van der Waals surface area contributed by atoms with Crippen LogP contribution < -0.4 is 5.43 Å². The Morgan fingerprint density at radius 1 is 1.10 bits per heavy atom. The van der Waals surface area contributed by atoms with Crippen LogP contribution in [0, 0.1) is 10.1 Å². The molecule has 0 saturated carbocycles. The summed E-state index contributed by atoms with van der Waals surface area (Å²) in [6.45, 7) is 3.02. The van der Waals surface area contributed by atoms with Crippen LogP contribution in [-0.2, 0) is 0 Å². The molecule has 0 aliphatic carbocycles. The summed E-state index contributed by atoms with van der Waals surface area (Å²) >= 11 is 0. The molecule has 110 valence electrons. The second kappa shape index (κ2) is 9.89. The molecule has 0 aliphatic heterocycles. The van der Waals surface area contributed by atoms with Crippen molar-refractivity contribution < 1.29 is 4.92 Å². The highest BCUT2D eigenvalue weighted by molar-refractivity contribution is 5.43. The second-order valence-electron chi connectivity index (χ2n) is 4.65. The van der Waals surface area contributed by atoms with E-state index in [9.17, 15) is 10.1 Å². The van der Waals surface area contributed by atoms with Gasteiger partial charge in [-0.2, -0.15) is 0 Å². The first-order valence-electron chi connectivity index (χ1n) is 7.12. The molecule has 0 aromatic heterocycles. The molecule has 1 aromatic carbocycles. The van der Waals surface area contributed by atoms with Crippen LogP contribution in [-0.4, -0.2) is 11.5 Å². The minimum atomic E-state index is -0.433. The van der Waals surface area contributed by atoms with Crippen LogP contribution in [0.25, 0.3) is 0 Å². The topological polar surface area (TPSA) is 79.9 Å². The van der Waals surface area contributed by atoms with Crippen molar-refractivity contribution in [3.63, 3.8) is 0 Å². The van der Waals surface area contributed by atoms with Gasteiger partial charge in [0.1, 0.15) is 0 Å². The smallest absolute Gasteiger partial charge is 0.269 e. The van der Waals surface area contributed by atoms with Crippen LogP contribution in [0.1, 0.15) is 45.4 Å². The number of hydrogen-bond acceptors (Lipinski definition) is 4. The van der Waals surface area contributed by atoms with Crippen LogP contribution in [0.4, 0.5) is 11.4 Å². The Morgan fingerprint density at radius 2 is 1.75 bits per heavy atom. The van der Waals surface area contributed by atoms with Crippen molar-refractivity contribution in [3.8, 4) is 0 Å². The van der Waals surface area contributed by atoms with Gasteiger partial charge in [-0.25, -0.2) is 0 Å². The fraction of sp³-hybridized carbons (Fsp3) is 0.571. The molecule has 0 atom stereocenters. The van der Waals surface area contributed by atoms with Gasteiger partial charge in [-0.3, -0.25) is 15.5 Å². The average molecular weight is 278 g/mol. The van der Waals surface area contributed by atoms with E-state index in [0.717, 1.165) is 13.0 Å². The van der Waals surface area contributed by atoms with Crippen LogP contribution in [0.15, 0.2) is 34.6 Å². The standard InChI is InChI=1S/C14H22N4O2/c1-2-3-4-5-6-7-12-15-17-16-13-8-10-14(11-9-13)18(19)20/h8-11H,2-7,12H2,1H3,(H,15,16). The van der Waals surface area contributed by atoms with Gasteiger partial charge in [-0.05, 0) is 18.6 Å². The normalized spacial score (nSPS) is 10.8. The van der Waals surface area contributed by atoms with Crippen molar-refractivity contribution >= 4 is 11.4 Å². The molecule has 1 aromatic rings. The predicted octanol–water partition coefficient (Wildman–Crippen LogP) is 4.54. The zero-order chi connectivity index (χ0) is 14.6. The van der Waals surface area contributed by atoms with E-state index < -0.39 is 4.92 Å². The van der Waals surface area contributed by atoms with E-state index in [1.54, 1.807) is 12.1 Å². The molecule has 0 heterocycles. The van der Waals surface area contributed by atoms with E-state index >= 15 is 0 Å². The molecule has 6 nitrogen and oxygen atoms in total. The third-order valence-corrected chi connectivity index (χ3v) is 2.94. The molecule has 0 radical (unpaired) electrons. The van der Waals surface area contributed by atoms with Crippen LogP contribution >= 0.6 is 0 Å². The van der Waals surface area contributed by atoms with Crippen LogP contribution in [0.2, 0.25) is 0 Å². The molecule has 6 heteroatoms. The largest absolute Gasteiger partial charge is 0.291 e. The number of nitro groups is 1. The lowest BCUT2D eigenvalue weighted by Gasteiger charge is -2.00. The summed E-state index contributed by atoms with van der Waals surface area (Å²) in [5, 5.41) is 18.3. The zero-order valence-electron chi connectivity index (χ0n) is 11.9. The molecule has 0 aliphatic rings. The van der Waals surface area contributed by atoms with E-state index in [-0.39, 0.29) is 5.69 Å². The molecular weight excluding hydrogens is 256 g/mol. The van der Waals surface area contributed by atoms with Gasteiger partial charge in [0.05, 0.1) is 10.6 Å². The highest BCUT2D eigenvalue weighted by Crippen LogP contribution is 2.17. The number of rotatable bonds is 10. The van der Waals surface area contributed by atoms with Crippen molar-refractivity contribution in [2.45, 2.75) is 45.4 Å². The van der Waals surface area contributed by atoms with Gasteiger partial charge in [0.15, 0.2) is 0 Å². The third-order valence-electron chi connectivity index (χ3n) is 2.94.